The van der Waals surface area contributed by atoms with Gasteiger partial charge >= 0.3 is 11.9 Å². The van der Waals surface area contributed by atoms with E-state index in [1.54, 1.807) is 41.5 Å². The van der Waals surface area contributed by atoms with Gasteiger partial charge in [-0.05, 0) is 47.6 Å². The minimum atomic E-state index is -1.36. The van der Waals surface area contributed by atoms with E-state index in [1.165, 1.54) is 20.3 Å². The number of aromatic nitrogens is 2. The predicted octanol–water partition coefficient (Wildman–Crippen LogP) is 3.58. The number of fused-ring (bicyclic) bond motifs is 1. The maximum atomic E-state index is 13.2. The molecule has 0 saturated heterocycles. The predicted molar refractivity (Wildman–Crippen MR) is 115 cm³/mol. The fourth-order valence-corrected chi connectivity index (χ4v) is 3.55. The van der Waals surface area contributed by atoms with Gasteiger partial charge in [0.15, 0.2) is 5.78 Å². The molecule has 2 rings (SSSR count). The number of thiophene rings is 1. The Kier molecular flexibility index (Phi) is 7.25. The van der Waals surface area contributed by atoms with Gasteiger partial charge in [0.25, 0.3) is 11.8 Å². The van der Waals surface area contributed by atoms with E-state index in [4.69, 9.17) is 18.9 Å². The van der Waals surface area contributed by atoms with Crippen LogP contribution in [0.4, 0.5) is 0 Å². The summed E-state index contributed by atoms with van der Waals surface area (Å²) < 4.78 is 21.0. The van der Waals surface area contributed by atoms with Crippen LogP contribution in [0.2, 0.25) is 0 Å². The number of carbonyl (C=O) groups excluding carboxylic acids is 3. The summed E-state index contributed by atoms with van der Waals surface area (Å²) in [6.07, 6.45) is -0.438. The standard InChI is InChI=1S/C21H28N2O7S/c1-20(2,3)29-14(24)9-11(19(26)30-21(4,5)6)15(25)13-10-12-18(31-13)23-17(28-8)16(22-12)27-7/h10-11H,9H2,1-8H3. The average Bonchev–Trinajstić information content (AvgIpc) is 3.04. The van der Waals surface area contributed by atoms with Crippen molar-refractivity contribution in [3.8, 4) is 11.8 Å². The zero-order chi connectivity index (χ0) is 23.6. The lowest BCUT2D eigenvalue weighted by Gasteiger charge is -2.24. The number of ether oxygens (including phenoxy) is 4. The molecule has 0 aliphatic carbocycles. The lowest BCUT2D eigenvalue weighted by molar-refractivity contribution is -0.165. The van der Waals surface area contributed by atoms with E-state index < -0.39 is 41.3 Å². The van der Waals surface area contributed by atoms with Crippen LogP contribution in [0.1, 0.15) is 57.6 Å². The molecule has 0 aromatic carbocycles. The molecule has 1 atom stereocenters. The summed E-state index contributed by atoms with van der Waals surface area (Å²) in [4.78, 5) is 47.6. The van der Waals surface area contributed by atoms with Crippen molar-refractivity contribution in [3.05, 3.63) is 10.9 Å². The Hall–Kier alpha value is -2.75. The van der Waals surface area contributed by atoms with E-state index in [0.29, 0.717) is 10.3 Å². The van der Waals surface area contributed by atoms with Crippen LogP contribution in [-0.4, -0.2) is 53.1 Å². The molecule has 0 N–H and O–H groups in total. The van der Waals surface area contributed by atoms with Crippen LogP contribution < -0.4 is 9.47 Å². The quantitative estimate of drug-likeness (QED) is 0.353. The lowest BCUT2D eigenvalue weighted by Crippen LogP contribution is -2.35. The van der Waals surface area contributed by atoms with Crippen molar-refractivity contribution >= 4 is 39.4 Å². The molecule has 0 spiro atoms. The fourth-order valence-electron chi connectivity index (χ4n) is 2.59. The number of Topliss-reactive ketones (excluding diaryl/α,β-unsaturated/α-hetero) is 1. The van der Waals surface area contributed by atoms with Crippen LogP contribution >= 0.6 is 11.3 Å². The number of hydrogen-bond donors (Lipinski definition) is 0. The van der Waals surface area contributed by atoms with Gasteiger partial charge in [0.2, 0.25) is 0 Å². The molecule has 0 fully saturated rings. The highest BCUT2D eigenvalue weighted by Gasteiger charge is 2.36. The number of ketones is 1. The van der Waals surface area contributed by atoms with Gasteiger partial charge < -0.3 is 18.9 Å². The van der Waals surface area contributed by atoms with E-state index in [0.717, 1.165) is 11.3 Å². The van der Waals surface area contributed by atoms with Crippen molar-refractivity contribution < 1.29 is 33.3 Å². The van der Waals surface area contributed by atoms with Gasteiger partial charge in [0, 0.05) is 0 Å². The first-order chi connectivity index (χ1) is 14.2. The Balaban J connectivity index is 2.41. The van der Waals surface area contributed by atoms with Gasteiger partial charge in [0.1, 0.15) is 27.5 Å². The summed E-state index contributed by atoms with van der Waals surface area (Å²) in [5.74, 6) is -3.04. The van der Waals surface area contributed by atoms with Gasteiger partial charge in [-0.15, -0.1) is 11.3 Å². The molecule has 2 aromatic heterocycles. The summed E-state index contributed by atoms with van der Waals surface area (Å²) >= 11 is 1.04. The van der Waals surface area contributed by atoms with Crippen LogP contribution in [0.3, 0.4) is 0 Å². The van der Waals surface area contributed by atoms with Gasteiger partial charge in [-0.2, -0.15) is 4.98 Å². The third-order valence-electron chi connectivity index (χ3n) is 3.73. The van der Waals surface area contributed by atoms with Gasteiger partial charge in [-0.25, -0.2) is 4.98 Å². The second-order valence-electron chi connectivity index (χ2n) is 8.78. The van der Waals surface area contributed by atoms with E-state index >= 15 is 0 Å². The fraction of sp³-hybridized carbons (Fsp3) is 0.571. The lowest BCUT2D eigenvalue weighted by atomic mass is 9.98. The molecule has 2 heterocycles. The molecule has 1 unspecified atom stereocenters. The molecule has 10 heteroatoms. The first kappa shape index (κ1) is 24.5. The van der Waals surface area contributed by atoms with Crippen molar-refractivity contribution in [1.82, 2.24) is 9.97 Å². The van der Waals surface area contributed by atoms with Crippen molar-refractivity contribution in [3.63, 3.8) is 0 Å². The highest BCUT2D eigenvalue weighted by atomic mass is 32.1. The summed E-state index contributed by atoms with van der Waals surface area (Å²) in [6, 6.07) is 1.50. The molecular formula is C21H28N2O7S. The summed E-state index contributed by atoms with van der Waals surface area (Å²) in [6.45, 7) is 10.2. The number of methoxy groups -OCH3 is 2. The molecule has 0 bridgehead atoms. The molecule has 0 radical (unpaired) electrons. The zero-order valence-electron chi connectivity index (χ0n) is 19.0. The molecule has 170 valence electrons. The number of esters is 2. The number of hydrogen-bond acceptors (Lipinski definition) is 10. The Labute approximate surface area is 185 Å². The summed E-state index contributed by atoms with van der Waals surface area (Å²) in [5, 5.41) is 0. The molecule has 9 nitrogen and oxygen atoms in total. The topological polar surface area (TPSA) is 114 Å². The van der Waals surface area contributed by atoms with Crippen molar-refractivity contribution in [2.24, 2.45) is 5.92 Å². The molecule has 0 aliphatic rings. The maximum Gasteiger partial charge on any atom is 0.318 e. The number of nitrogens with zero attached hydrogens (tertiary/aromatic N) is 2. The SMILES string of the molecule is COc1nc2cc(C(=O)C(CC(=O)OC(C)(C)C)C(=O)OC(C)(C)C)sc2nc1OC. The third kappa shape index (κ3) is 6.61. The minimum absolute atomic E-state index is 0.171. The normalized spacial score (nSPS) is 12.9. The number of rotatable bonds is 7. The Morgan fingerprint density at radius 2 is 1.48 bits per heavy atom. The van der Waals surface area contributed by atoms with Gasteiger partial charge in [-0.3, -0.25) is 14.4 Å². The Bertz CT molecular complexity index is 945. The van der Waals surface area contributed by atoms with Crippen LogP contribution in [0.5, 0.6) is 11.8 Å². The van der Waals surface area contributed by atoms with Gasteiger partial charge in [-0.1, -0.05) is 0 Å². The Morgan fingerprint density at radius 1 is 0.935 bits per heavy atom. The second kappa shape index (κ2) is 9.17. The first-order valence-electron chi connectivity index (χ1n) is 9.62. The average molecular weight is 453 g/mol. The summed E-state index contributed by atoms with van der Waals surface area (Å²) in [7, 11) is 2.85. The highest BCUT2D eigenvalue weighted by Crippen LogP contribution is 2.32. The molecule has 31 heavy (non-hydrogen) atoms. The van der Waals surface area contributed by atoms with E-state index in [-0.39, 0.29) is 16.6 Å². The molecule has 0 saturated carbocycles. The molecular weight excluding hydrogens is 424 g/mol. The third-order valence-corrected chi connectivity index (χ3v) is 4.76. The van der Waals surface area contributed by atoms with Crippen LogP contribution in [0.15, 0.2) is 6.07 Å². The van der Waals surface area contributed by atoms with E-state index in [9.17, 15) is 14.4 Å². The molecule has 2 aromatic rings. The first-order valence-corrected chi connectivity index (χ1v) is 10.4. The second-order valence-corrected chi connectivity index (χ2v) is 9.81. The maximum absolute atomic E-state index is 13.2. The van der Waals surface area contributed by atoms with Crippen LogP contribution in [0, 0.1) is 5.92 Å². The van der Waals surface area contributed by atoms with E-state index in [2.05, 4.69) is 9.97 Å². The van der Waals surface area contributed by atoms with Crippen LogP contribution in [-0.2, 0) is 19.1 Å². The van der Waals surface area contributed by atoms with Crippen LogP contribution in [0.25, 0.3) is 10.3 Å². The smallest absolute Gasteiger partial charge is 0.318 e. The van der Waals surface area contributed by atoms with Crippen molar-refractivity contribution in [2.75, 3.05) is 14.2 Å². The van der Waals surface area contributed by atoms with Gasteiger partial charge in [0.05, 0.1) is 25.5 Å². The largest absolute Gasteiger partial charge is 0.477 e. The number of carbonyl (C=O) groups is 3. The minimum Gasteiger partial charge on any atom is -0.477 e. The van der Waals surface area contributed by atoms with Crippen molar-refractivity contribution in [1.29, 1.82) is 0 Å². The molecule has 0 aliphatic heterocycles. The zero-order valence-corrected chi connectivity index (χ0v) is 19.8. The Morgan fingerprint density at radius 3 is 2.00 bits per heavy atom. The van der Waals surface area contributed by atoms with Crippen molar-refractivity contribution in [2.45, 2.75) is 59.2 Å². The summed E-state index contributed by atoms with van der Waals surface area (Å²) in [5.41, 5.74) is -1.17. The molecule has 0 amide bonds. The van der Waals surface area contributed by atoms with E-state index in [1.807, 2.05) is 0 Å². The monoisotopic (exact) mass is 452 g/mol. The highest BCUT2D eigenvalue weighted by molar-refractivity contribution is 7.20.